The number of anilines is 6. The third kappa shape index (κ3) is 8.75. The maximum Gasteiger partial charge on any atom is 0.0462 e. The van der Waals surface area contributed by atoms with Gasteiger partial charge in [0.15, 0.2) is 0 Å². The molecule has 2 nitrogen and oxygen atoms in total. The Balaban J connectivity index is 0.837. The van der Waals surface area contributed by atoms with Gasteiger partial charge in [-0.1, -0.05) is 218 Å². The molecule has 0 fully saturated rings. The standard InChI is InChI=1S/C66H48N2/c1-5-17-55(18-6-1)67(56-19-7-2-8-20-56)59-45-37-51(38-46-59)31-29-49-33-41-53(42-34-49)65-61-25-13-15-27-63(61)66(64-28-16-14-26-62(64)65)54-43-35-50(36-44-54)30-32-52-39-47-60(48-40-52)68(57-21-9-3-10-22-57)58-23-11-4-12-24-58/h1-48H. The zero-order chi connectivity index (χ0) is 45.5. The molecule has 0 unspecified atom stereocenters. The molecule has 0 bridgehead atoms. The summed E-state index contributed by atoms with van der Waals surface area (Å²) in [6.45, 7) is 0. The van der Waals surface area contributed by atoms with Crippen LogP contribution in [0.15, 0.2) is 267 Å². The van der Waals surface area contributed by atoms with Crippen LogP contribution in [-0.4, -0.2) is 0 Å². The molecular weight excluding hydrogens is 821 g/mol. The van der Waals surface area contributed by atoms with Crippen molar-refractivity contribution in [2.75, 3.05) is 9.80 Å². The lowest BCUT2D eigenvalue weighted by molar-refractivity contribution is 1.28. The smallest absolute Gasteiger partial charge is 0.0462 e. The average molecular weight is 869 g/mol. The van der Waals surface area contributed by atoms with Crippen molar-refractivity contribution >= 4 is 80.0 Å². The van der Waals surface area contributed by atoms with Gasteiger partial charge in [-0.15, -0.1) is 0 Å². The predicted octanol–water partition coefficient (Wildman–Crippen LogP) is 18.6. The molecule has 322 valence electrons. The lowest BCUT2D eigenvalue weighted by atomic mass is 9.85. The molecule has 0 N–H and O–H groups in total. The number of benzene rings is 11. The van der Waals surface area contributed by atoms with Crippen molar-refractivity contribution < 1.29 is 0 Å². The number of nitrogens with zero attached hydrogens (tertiary/aromatic N) is 2. The fourth-order valence-corrected chi connectivity index (χ4v) is 9.33. The van der Waals surface area contributed by atoms with Gasteiger partial charge in [-0.05, 0) is 139 Å². The maximum atomic E-state index is 2.29. The van der Waals surface area contributed by atoms with Crippen LogP contribution in [0, 0.1) is 0 Å². The van der Waals surface area contributed by atoms with Crippen LogP contribution < -0.4 is 9.80 Å². The Hall–Kier alpha value is -8.98. The Bertz CT molecular complexity index is 3120. The van der Waals surface area contributed by atoms with E-state index in [1.54, 1.807) is 0 Å². The van der Waals surface area contributed by atoms with Crippen LogP contribution in [0.3, 0.4) is 0 Å². The first-order chi connectivity index (χ1) is 33.7. The second-order valence-corrected chi connectivity index (χ2v) is 16.9. The van der Waals surface area contributed by atoms with E-state index in [9.17, 15) is 0 Å². The van der Waals surface area contributed by atoms with E-state index < -0.39 is 0 Å². The van der Waals surface area contributed by atoms with Crippen LogP contribution in [0.1, 0.15) is 22.3 Å². The Labute approximate surface area is 399 Å². The topological polar surface area (TPSA) is 6.48 Å². The zero-order valence-electron chi connectivity index (χ0n) is 37.6. The molecule has 11 aromatic carbocycles. The Morgan fingerprint density at radius 3 is 0.647 bits per heavy atom. The molecule has 11 aromatic rings. The summed E-state index contributed by atoms with van der Waals surface area (Å²) < 4.78 is 0. The van der Waals surface area contributed by atoms with Gasteiger partial charge in [0.25, 0.3) is 0 Å². The van der Waals surface area contributed by atoms with Gasteiger partial charge in [-0.3, -0.25) is 0 Å². The van der Waals surface area contributed by atoms with E-state index in [0.717, 1.165) is 56.4 Å². The van der Waals surface area contributed by atoms with Gasteiger partial charge in [-0.2, -0.15) is 0 Å². The number of rotatable bonds is 12. The Morgan fingerprint density at radius 1 is 0.191 bits per heavy atom. The molecule has 2 heteroatoms. The van der Waals surface area contributed by atoms with Gasteiger partial charge in [-0.25, -0.2) is 0 Å². The van der Waals surface area contributed by atoms with E-state index in [1.807, 2.05) is 0 Å². The minimum atomic E-state index is 1.12. The lowest BCUT2D eigenvalue weighted by Gasteiger charge is -2.25. The van der Waals surface area contributed by atoms with Crippen molar-refractivity contribution in [3.63, 3.8) is 0 Å². The van der Waals surface area contributed by atoms with Crippen LogP contribution >= 0.6 is 0 Å². The third-order valence-corrected chi connectivity index (χ3v) is 12.6. The summed E-state index contributed by atoms with van der Waals surface area (Å²) in [6.07, 6.45) is 8.79. The number of fused-ring (bicyclic) bond motifs is 2. The molecule has 0 amide bonds. The van der Waals surface area contributed by atoms with Crippen molar-refractivity contribution in [1.29, 1.82) is 0 Å². The maximum absolute atomic E-state index is 2.29. The largest absolute Gasteiger partial charge is 0.311 e. The molecule has 0 radical (unpaired) electrons. The quantitative estimate of drug-likeness (QED) is 0.0892. The van der Waals surface area contributed by atoms with Gasteiger partial charge in [0, 0.05) is 34.1 Å². The summed E-state index contributed by atoms with van der Waals surface area (Å²) in [6, 6.07) is 95.4. The van der Waals surface area contributed by atoms with Gasteiger partial charge in [0.2, 0.25) is 0 Å². The van der Waals surface area contributed by atoms with Crippen molar-refractivity contribution in [3.8, 4) is 22.3 Å². The Morgan fingerprint density at radius 2 is 0.397 bits per heavy atom. The highest BCUT2D eigenvalue weighted by molar-refractivity contribution is 6.21. The normalized spacial score (nSPS) is 11.4. The highest BCUT2D eigenvalue weighted by Gasteiger charge is 2.17. The first-order valence-corrected chi connectivity index (χ1v) is 23.2. The van der Waals surface area contributed by atoms with Crippen LogP contribution in [-0.2, 0) is 0 Å². The van der Waals surface area contributed by atoms with Gasteiger partial charge >= 0.3 is 0 Å². The molecule has 11 rings (SSSR count). The van der Waals surface area contributed by atoms with Gasteiger partial charge < -0.3 is 9.80 Å². The second-order valence-electron chi connectivity index (χ2n) is 16.9. The molecule has 0 saturated heterocycles. The van der Waals surface area contributed by atoms with Crippen molar-refractivity contribution in [2.24, 2.45) is 0 Å². The summed E-state index contributed by atoms with van der Waals surface area (Å²) in [4.78, 5) is 4.57. The highest BCUT2D eigenvalue weighted by Crippen LogP contribution is 2.44. The van der Waals surface area contributed by atoms with E-state index in [4.69, 9.17) is 0 Å². The molecule has 0 aliphatic carbocycles. The van der Waals surface area contributed by atoms with E-state index in [1.165, 1.54) is 43.8 Å². The molecule has 68 heavy (non-hydrogen) atoms. The minimum absolute atomic E-state index is 1.12. The lowest BCUT2D eigenvalue weighted by Crippen LogP contribution is -2.09. The molecule has 0 atom stereocenters. The third-order valence-electron chi connectivity index (χ3n) is 12.6. The van der Waals surface area contributed by atoms with Crippen molar-refractivity contribution in [1.82, 2.24) is 0 Å². The molecule has 0 aliphatic heterocycles. The first-order valence-electron chi connectivity index (χ1n) is 23.2. The predicted molar refractivity (Wildman–Crippen MR) is 292 cm³/mol. The monoisotopic (exact) mass is 868 g/mol. The SMILES string of the molecule is C(=Cc1ccc(N(c2ccccc2)c2ccccc2)cc1)c1ccc(-c2c3ccccc3c(-c3ccc(C=Cc4ccc(N(c5ccccc5)c5ccccc5)cc4)cc3)c3ccccc23)cc1. The van der Waals surface area contributed by atoms with E-state index in [2.05, 4.69) is 301 Å². The fraction of sp³-hybridized carbons (Fsp3) is 0. The highest BCUT2D eigenvalue weighted by atomic mass is 15.1. The summed E-state index contributed by atoms with van der Waals surface area (Å²) >= 11 is 0. The summed E-state index contributed by atoms with van der Waals surface area (Å²) in [7, 11) is 0. The van der Waals surface area contributed by atoms with E-state index >= 15 is 0 Å². The van der Waals surface area contributed by atoms with Crippen LogP contribution in [0.2, 0.25) is 0 Å². The minimum Gasteiger partial charge on any atom is -0.311 e. The molecule has 0 heterocycles. The number of hydrogen-bond acceptors (Lipinski definition) is 2. The second kappa shape index (κ2) is 19.2. The average Bonchev–Trinajstić information content (AvgIpc) is 3.41. The van der Waals surface area contributed by atoms with E-state index in [0.29, 0.717) is 0 Å². The van der Waals surface area contributed by atoms with Gasteiger partial charge in [0.05, 0.1) is 0 Å². The van der Waals surface area contributed by atoms with Crippen molar-refractivity contribution in [2.45, 2.75) is 0 Å². The molecule has 0 spiro atoms. The van der Waals surface area contributed by atoms with E-state index in [-0.39, 0.29) is 0 Å². The molecule has 0 aliphatic rings. The summed E-state index contributed by atoms with van der Waals surface area (Å²) in [5.41, 5.74) is 16.3. The number of hydrogen-bond donors (Lipinski definition) is 0. The summed E-state index contributed by atoms with van der Waals surface area (Å²) in [5, 5.41) is 4.98. The fourth-order valence-electron chi connectivity index (χ4n) is 9.33. The van der Waals surface area contributed by atoms with Crippen LogP contribution in [0.25, 0.3) is 68.1 Å². The number of para-hydroxylation sites is 4. The van der Waals surface area contributed by atoms with Crippen LogP contribution in [0.5, 0.6) is 0 Å². The van der Waals surface area contributed by atoms with Crippen LogP contribution in [0.4, 0.5) is 34.1 Å². The summed E-state index contributed by atoms with van der Waals surface area (Å²) in [5.74, 6) is 0. The van der Waals surface area contributed by atoms with Gasteiger partial charge in [0.1, 0.15) is 0 Å². The molecule has 0 aromatic heterocycles. The Kier molecular flexibility index (Phi) is 11.8. The molecular formula is C66H48N2. The first kappa shape index (κ1) is 41.7. The molecule has 0 saturated carbocycles. The van der Waals surface area contributed by atoms with Crippen molar-refractivity contribution in [3.05, 3.63) is 289 Å². The zero-order valence-corrected chi connectivity index (χ0v) is 37.6.